The summed E-state index contributed by atoms with van der Waals surface area (Å²) in [5.74, 6) is 0.215. The summed E-state index contributed by atoms with van der Waals surface area (Å²) in [6, 6.07) is 4.87. The van der Waals surface area contributed by atoms with Gasteiger partial charge in [0, 0.05) is 28.8 Å². The molecule has 0 spiro atoms. The normalized spacial score (nSPS) is 22.6. The number of piperidine rings is 1. The molecule has 0 bridgehead atoms. The van der Waals surface area contributed by atoms with Gasteiger partial charge in [-0.2, -0.15) is 0 Å². The van der Waals surface area contributed by atoms with Crippen LogP contribution >= 0.6 is 23.2 Å². The lowest BCUT2D eigenvalue weighted by Crippen LogP contribution is -2.46. The maximum atomic E-state index is 12.8. The van der Waals surface area contributed by atoms with Gasteiger partial charge in [-0.3, -0.25) is 9.59 Å². The molecule has 1 saturated carbocycles. The van der Waals surface area contributed by atoms with Gasteiger partial charge in [-0.05, 0) is 49.8 Å². The van der Waals surface area contributed by atoms with Gasteiger partial charge in [0.25, 0.3) is 0 Å². The minimum absolute atomic E-state index is 0.0327. The maximum Gasteiger partial charge on any atom is 0.240 e. The zero-order chi connectivity index (χ0) is 16.6. The average Bonchev–Trinajstić information content (AvgIpc) is 3.27. The molecule has 2 aliphatic rings. The Bertz CT molecular complexity index is 623. The molecule has 1 N–H and O–H groups in total. The van der Waals surface area contributed by atoms with Crippen LogP contribution < -0.4 is 5.32 Å². The molecule has 2 fully saturated rings. The summed E-state index contributed by atoms with van der Waals surface area (Å²) in [7, 11) is 0. The highest BCUT2D eigenvalue weighted by Crippen LogP contribution is 2.48. The van der Waals surface area contributed by atoms with Crippen molar-refractivity contribution in [3.8, 4) is 0 Å². The Kier molecular flexibility index (Phi) is 4.56. The number of hydrogen-bond donors (Lipinski definition) is 1. The van der Waals surface area contributed by atoms with Gasteiger partial charge in [0.1, 0.15) is 5.41 Å². The third-order valence-electron chi connectivity index (χ3n) is 4.66. The van der Waals surface area contributed by atoms with Crippen molar-refractivity contribution in [1.82, 2.24) is 4.90 Å². The van der Waals surface area contributed by atoms with E-state index in [-0.39, 0.29) is 11.8 Å². The number of nitrogens with zero attached hydrogens (tertiary/aromatic N) is 1. The van der Waals surface area contributed by atoms with Gasteiger partial charge in [-0.1, -0.05) is 30.1 Å². The van der Waals surface area contributed by atoms with E-state index in [0.717, 1.165) is 25.9 Å². The van der Waals surface area contributed by atoms with E-state index >= 15 is 0 Å². The fourth-order valence-corrected chi connectivity index (χ4v) is 3.74. The summed E-state index contributed by atoms with van der Waals surface area (Å²) in [5, 5.41) is 3.71. The molecular weight excluding hydrogens is 335 g/mol. The first kappa shape index (κ1) is 16.6. The van der Waals surface area contributed by atoms with Crippen LogP contribution in [-0.2, 0) is 9.59 Å². The monoisotopic (exact) mass is 354 g/mol. The van der Waals surface area contributed by atoms with E-state index in [9.17, 15) is 9.59 Å². The molecule has 4 nitrogen and oxygen atoms in total. The first-order valence-electron chi connectivity index (χ1n) is 7.98. The Balaban J connectivity index is 1.72. The third-order valence-corrected chi connectivity index (χ3v) is 5.10. The van der Waals surface area contributed by atoms with Crippen molar-refractivity contribution >= 4 is 40.7 Å². The molecule has 6 heteroatoms. The van der Waals surface area contributed by atoms with Crippen molar-refractivity contribution in [2.75, 3.05) is 18.4 Å². The van der Waals surface area contributed by atoms with Crippen LogP contribution in [0.1, 0.15) is 32.6 Å². The number of halogens is 2. The number of hydrogen-bond acceptors (Lipinski definition) is 2. The van der Waals surface area contributed by atoms with Crippen LogP contribution in [0.3, 0.4) is 0 Å². The lowest BCUT2D eigenvalue weighted by Gasteiger charge is -2.33. The number of carbonyl (C=O) groups excluding carboxylic acids is 2. The topological polar surface area (TPSA) is 49.4 Å². The van der Waals surface area contributed by atoms with Crippen LogP contribution in [0.25, 0.3) is 0 Å². The molecule has 23 heavy (non-hydrogen) atoms. The fraction of sp³-hybridized carbons (Fsp3) is 0.529. The first-order valence-corrected chi connectivity index (χ1v) is 8.73. The number of benzene rings is 1. The molecule has 1 saturated heterocycles. The van der Waals surface area contributed by atoms with Crippen molar-refractivity contribution in [3.05, 3.63) is 28.2 Å². The molecular formula is C17H20Cl2N2O2. The Morgan fingerprint density at radius 1 is 1.22 bits per heavy atom. The maximum absolute atomic E-state index is 12.8. The molecule has 1 atom stereocenters. The van der Waals surface area contributed by atoms with Gasteiger partial charge >= 0.3 is 0 Å². The predicted octanol–water partition coefficient (Wildman–Crippen LogP) is 3.97. The smallest absolute Gasteiger partial charge is 0.240 e. The van der Waals surface area contributed by atoms with Crippen LogP contribution in [0.15, 0.2) is 18.2 Å². The van der Waals surface area contributed by atoms with E-state index < -0.39 is 5.41 Å². The van der Waals surface area contributed by atoms with Gasteiger partial charge in [0.05, 0.1) is 0 Å². The van der Waals surface area contributed by atoms with Gasteiger partial charge in [-0.25, -0.2) is 0 Å². The van der Waals surface area contributed by atoms with E-state index in [0.29, 0.717) is 34.5 Å². The Morgan fingerprint density at radius 2 is 1.87 bits per heavy atom. The van der Waals surface area contributed by atoms with E-state index in [1.54, 1.807) is 18.2 Å². The summed E-state index contributed by atoms with van der Waals surface area (Å²) in [6.45, 7) is 3.64. The largest absolute Gasteiger partial charge is 0.342 e. The standard InChI is InChI=1S/C17H20Cl2N2O2/c1-11-3-2-6-21(10-11)16(23)17(4-5-17)15(22)20-14-8-12(18)7-13(19)9-14/h7-9,11H,2-6,10H2,1H3,(H,20,22). The number of rotatable bonds is 3. The van der Waals surface area contributed by atoms with Crippen LogP contribution in [0, 0.1) is 11.3 Å². The third kappa shape index (κ3) is 3.48. The second kappa shape index (κ2) is 6.33. The second-order valence-corrected chi connectivity index (χ2v) is 7.57. The zero-order valence-electron chi connectivity index (χ0n) is 13.1. The van der Waals surface area contributed by atoms with Crippen LogP contribution in [0.4, 0.5) is 5.69 Å². The zero-order valence-corrected chi connectivity index (χ0v) is 14.6. The highest BCUT2D eigenvalue weighted by Gasteiger charge is 2.58. The number of carbonyl (C=O) groups is 2. The van der Waals surface area contributed by atoms with Gasteiger partial charge in [0.2, 0.25) is 11.8 Å². The van der Waals surface area contributed by atoms with Gasteiger partial charge in [0.15, 0.2) is 0 Å². The van der Waals surface area contributed by atoms with Crippen molar-refractivity contribution in [2.45, 2.75) is 32.6 Å². The van der Waals surface area contributed by atoms with E-state index in [1.165, 1.54) is 0 Å². The lowest BCUT2D eigenvalue weighted by molar-refractivity contribution is -0.143. The van der Waals surface area contributed by atoms with Crippen molar-refractivity contribution in [1.29, 1.82) is 0 Å². The van der Waals surface area contributed by atoms with Crippen molar-refractivity contribution < 1.29 is 9.59 Å². The summed E-state index contributed by atoms with van der Waals surface area (Å²) in [5.41, 5.74) is -0.371. The van der Waals surface area contributed by atoms with E-state index in [1.807, 2.05) is 4.90 Å². The summed E-state index contributed by atoms with van der Waals surface area (Å²) in [6.07, 6.45) is 3.37. The van der Waals surface area contributed by atoms with E-state index in [4.69, 9.17) is 23.2 Å². The Labute approximate surface area is 146 Å². The number of nitrogens with one attached hydrogen (secondary N) is 1. The molecule has 1 aliphatic heterocycles. The summed E-state index contributed by atoms with van der Waals surface area (Å²) < 4.78 is 0. The highest BCUT2D eigenvalue weighted by atomic mass is 35.5. The average molecular weight is 355 g/mol. The summed E-state index contributed by atoms with van der Waals surface area (Å²) in [4.78, 5) is 27.3. The molecule has 1 aromatic carbocycles. The molecule has 1 aromatic rings. The molecule has 1 unspecified atom stereocenters. The van der Waals surface area contributed by atoms with Crippen LogP contribution in [-0.4, -0.2) is 29.8 Å². The van der Waals surface area contributed by atoms with Crippen molar-refractivity contribution in [2.24, 2.45) is 11.3 Å². The second-order valence-electron chi connectivity index (χ2n) is 6.69. The van der Waals surface area contributed by atoms with Gasteiger partial charge < -0.3 is 10.2 Å². The Morgan fingerprint density at radius 3 is 2.43 bits per heavy atom. The molecule has 1 heterocycles. The molecule has 3 rings (SSSR count). The molecule has 0 radical (unpaired) electrons. The number of anilines is 1. The number of amides is 2. The minimum Gasteiger partial charge on any atom is -0.342 e. The first-order chi connectivity index (χ1) is 10.9. The Hall–Kier alpha value is -1.26. The van der Waals surface area contributed by atoms with Crippen LogP contribution in [0.5, 0.6) is 0 Å². The lowest BCUT2D eigenvalue weighted by atomic mass is 9.96. The summed E-state index contributed by atoms with van der Waals surface area (Å²) >= 11 is 11.9. The molecule has 2 amide bonds. The van der Waals surface area contributed by atoms with Crippen molar-refractivity contribution in [3.63, 3.8) is 0 Å². The predicted molar refractivity (Wildman–Crippen MR) is 91.7 cm³/mol. The molecule has 0 aromatic heterocycles. The quantitative estimate of drug-likeness (QED) is 0.834. The minimum atomic E-state index is -0.897. The fourth-order valence-electron chi connectivity index (χ4n) is 3.22. The number of likely N-dealkylation sites (tertiary alicyclic amines) is 1. The molecule has 124 valence electrons. The SMILES string of the molecule is CC1CCCN(C(=O)C2(C(=O)Nc3cc(Cl)cc(Cl)c3)CC2)C1. The van der Waals surface area contributed by atoms with E-state index in [2.05, 4.69) is 12.2 Å². The molecule has 1 aliphatic carbocycles. The van der Waals surface area contributed by atoms with Crippen LogP contribution in [0.2, 0.25) is 10.0 Å². The highest BCUT2D eigenvalue weighted by molar-refractivity contribution is 6.35. The van der Waals surface area contributed by atoms with Gasteiger partial charge in [-0.15, -0.1) is 0 Å².